The van der Waals surface area contributed by atoms with Crippen LogP contribution in [-0.2, 0) is 4.79 Å². The van der Waals surface area contributed by atoms with Gasteiger partial charge in [-0.15, -0.1) is 0 Å². The molecule has 0 fully saturated rings. The Balaban J connectivity index is 2.05. The Morgan fingerprint density at radius 3 is 2.50 bits per heavy atom. The van der Waals surface area contributed by atoms with E-state index in [0.29, 0.717) is 0 Å². The molecule has 0 saturated heterocycles. The highest BCUT2D eigenvalue weighted by atomic mass is 35.5. The number of rotatable bonds is 7. The van der Waals surface area contributed by atoms with Crippen molar-refractivity contribution in [2.24, 2.45) is 5.92 Å². The van der Waals surface area contributed by atoms with E-state index in [2.05, 4.69) is 5.32 Å². The van der Waals surface area contributed by atoms with E-state index in [4.69, 9.17) is 11.6 Å². The third-order valence-corrected chi connectivity index (χ3v) is 4.20. The number of amides is 1. The zero-order chi connectivity index (χ0) is 19.3. The molecule has 0 spiro atoms. The van der Waals surface area contributed by atoms with Crippen LogP contribution in [0.1, 0.15) is 25.5 Å². The predicted molar refractivity (Wildman–Crippen MR) is 97.5 cm³/mol. The molecule has 1 atom stereocenters. The van der Waals surface area contributed by atoms with E-state index in [1.54, 1.807) is 12.1 Å². The van der Waals surface area contributed by atoms with Crippen molar-refractivity contribution in [3.8, 4) is 0 Å². The number of halogens is 2. The number of nitrogens with zero attached hydrogens (tertiary/aromatic N) is 1. The SMILES string of the molecule is CC(C)[C@@H]([NH2+]CC(=O)Nc1ccc(Cl)cc1[N+](=O)[O-])c1ccc(F)cc1. The molecule has 0 bridgehead atoms. The molecule has 6 nitrogen and oxygen atoms in total. The van der Waals surface area contributed by atoms with Crippen molar-refractivity contribution in [2.45, 2.75) is 19.9 Å². The molecule has 0 radical (unpaired) electrons. The Labute approximate surface area is 155 Å². The van der Waals surface area contributed by atoms with E-state index < -0.39 is 4.92 Å². The number of carbonyl (C=O) groups is 1. The molecule has 0 aliphatic rings. The van der Waals surface area contributed by atoms with E-state index in [1.807, 2.05) is 19.2 Å². The van der Waals surface area contributed by atoms with Gasteiger partial charge in [0.2, 0.25) is 0 Å². The number of hydrogen-bond acceptors (Lipinski definition) is 3. The fourth-order valence-corrected chi connectivity index (χ4v) is 2.84. The van der Waals surface area contributed by atoms with Gasteiger partial charge in [-0.25, -0.2) is 4.39 Å². The van der Waals surface area contributed by atoms with Crippen molar-refractivity contribution in [3.63, 3.8) is 0 Å². The van der Waals surface area contributed by atoms with Crippen molar-refractivity contribution in [1.29, 1.82) is 0 Å². The smallest absolute Gasteiger partial charge is 0.294 e. The van der Waals surface area contributed by atoms with Crippen LogP contribution in [0.5, 0.6) is 0 Å². The Morgan fingerprint density at radius 1 is 1.27 bits per heavy atom. The molecule has 2 aromatic carbocycles. The van der Waals surface area contributed by atoms with Crippen molar-refractivity contribution >= 4 is 28.9 Å². The summed E-state index contributed by atoms with van der Waals surface area (Å²) >= 11 is 5.76. The highest BCUT2D eigenvalue weighted by molar-refractivity contribution is 6.31. The molecule has 0 aliphatic heterocycles. The zero-order valence-corrected chi connectivity index (χ0v) is 15.2. The first-order valence-corrected chi connectivity index (χ1v) is 8.48. The molecule has 3 N–H and O–H groups in total. The van der Waals surface area contributed by atoms with E-state index in [1.165, 1.54) is 30.3 Å². The molecule has 0 heterocycles. The summed E-state index contributed by atoms with van der Waals surface area (Å²) < 4.78 is 13.1. The number of carbonyl (C=O) groups excluding carboxylic acids is 1. The van der Waals surface area contributed by atoms with E-state index in [-0.39, 0.29) is 46.6 Å². The second-order valence-corrected chi connectivity index (χ2v) is 6.66. The summed E-state index contributed by atoms with van der Waals surface area (Å²) in [6.07, 6.45) is 0. The van der Waals surface area contributed by atoms with E-state index in [9.17, 15) is 19.3 Å². The second kappa shape index (κ2) is 8.73. The quantitative estimate of drug-likeness (QED) is 0.570. The Kier molecular flexibility index (Phi) is 6.65. The number of nitrogens with two attached hydrogens (primary N) is 1. The maximum atomic E-state index is 13.1. The third-order valence-electron chi connectivity index (χ3n) is 3.96. The van der Waals surface area contributed by atoms with Crippen LogP contribution in [0, 0.1) is 21.8 Å². The minimum Gasteiger partial charge on any atom is -0.332 e. The molecular formula is C18H20ClFN3O3+. The fourth-order valence-electron chi connectivity index (χ4n) is 2.67. The number of hydrogen-bond donors (Lipinski definition) is 2. The lowest BCUT2D eigenvalue weighted by Crippen LogP contribution is -2.88. The summed E-state index contributed by atoms with van der Waals surface area (Å²) in [6, 6.07) is 10.2. The van der Waals surface area contributed by atoms with Crippen LogP contribution in [0.15, 0.2) is 42.5 Å². The number of benzene rings is 2. The molecule has 0 saturated carbocycles. The molecule has 2 rings (SSSR count). The van der Waals surface area contributed by atoms with Crippen LogP contribution in [0.25, 0.3) is 0 Å². The summed E-state index contributed by atoms with van der Waals surface area (Å²) in [7, 11) is 0. The molecule has 138 valence electrons. The normalized spacial score (nSPS) is 12.0. The minimum atomic E-state index is -0.597. The zero-order valence-electron chi connectivity index (χ0n) is 14.4. The van der Waals surface area contributed by atoms with Gasteiger partial charge in [0.05, 0.1) is 4.92 Å². The molecule has 0 aliphatic carbocycles. The average Bonchev–Trinajstić information content (AvgIpc) is 2.57. The molecule has 0 unspecified atom stereocenters. The van der Waals surface area contributed by atoms with Crippen molar-refractivity contribution in [1.82, 2.24) is 0 Å². The van der Waals surface area contributed by atoms with E-state index >= 15 is 0 Å². The van der Waals surface area contributed by atoms with Gasteiger partial charge in [0.25, 0.3) is 11.6 Å². The fraction of sp³-hybridized carbons (Fsp3) is 0.278. The predicted octanol–water partition coefficient (Wildman–Crippen LogP) is 3.29. The van der Waals surface area contributed by atoms with Crippen LogP contribution in [0.3, 0.4) is 0 Å². The summed E-state index contributed by atoms with van der Waals surface area (Å²) in [5.74, 6) is -0.481. The molecule has 8 heteroatoms. The Hall–Kier alpha value is -2.51. The molecule has 1 amide bonds. The van der Waals surface area contributed by atoms with Crippen LogP contribution in [-0.4, -0.2) is 17.4 Å². The van der Waals surface area contributed by atoms with Crippen LogP contribution in [0.2, 0.25) is 5.02 Å². The summed E-state index contributed by atoms with van der Waals surface area (Å²) in [6.45, 7) is 4.08. The first kappa shape index (κ1) is 19.8. The summed E-state index contributed by atoms with van der Waals surface area (Å²) in [5.41, 5.74) is 0.747. The molecule has 26 heavy (non-hydrogen) atoms. The monoisotopic (exact) mass is 380 g/mol. The molecular weight excluding hydrogens is 361 g/mol. The van der Waals surface area contributed by atoms with Gasteiger partial charge in [0.1, 0.15) is 17.5 Å². The minimum absolute atomic E-state index is 0.0402. The number of nitro benzene ring substituents is 1. The van der Waals surface area contributed by atoms with Gasteiger partial charge in [0, 0.05) is 22.6 Å². The maximum absolute atomic E-state index is 13.1. The van der Waals surface area contributed by atoms with Gasteiger partial charge >= 0.3 is 0 Å². The van der Waals surface area contributed by atoms with Crippen molar-refractivity contribution in [3.05, 3.63) is 69.0 Å². The average molecular weight is 381 g/mol. The molecule has 2 aromatic rings. The highest BCUT2D eigenvalue weighted by Crippen LogP contribution is 2.27. The summed E-state index contributed by atoms with van der Waals surface area (Å²) in [4.78, 5) is 22.7. The lowest BCUT2D eigenvalue weighted by molar-refractivity contribution is -0.692. The van der Waals surface area contributed by atoms with Gasteiger partial charge in [0.15, 0.2) is 6.54 Å². The Bertz CT molecular complexity index is 797. The lowest BCUT2D eigenvalue weighted by Gasteiger charge is -2.19. The number of nitro groups is 1. The largest absolute Gasteiger partial charge is 0.332 e. The Morgan fingerprint density at radius 2 is 1.92 bits per heavy atom. The lowest BCUT2D eigenvalue weighted by atomic mass is 9.96. The number of nitrogens with one attached hydrogen (secondary N) is 1. The van der Waals surface area contributed by atoms with E-state index in [0.717, 1.165) is 5.56 Å². The maximum Gasteiger partial charge on any atom is 0.294 e. The molecule has 0 aromatic heterocycles. The van der Waals surface area contributed by atoms with Gasteiger partial charge in [-0.2, -0.15) is 0 Å². The van der Waals surface area contributed by atoms with Crippen molar-refractivity contribution in [2.75, 3.05) is 11.9 Å². The summed E-state index contributed by atoms with van der Waals surface area (Å²) in [5, 5.41) is 15.7. The van der Waals surface area contributed by atoms with Gasteiger partial charge < -0.3 is 10.6 Å². The van der Waals surface area contributed by atoms with Gasteiger partial charge in [-0.3, -0.25) is 14.9 Å². The number of anilines is 1. The standard InChI is InChI=1S/C18H19ClFN3O3/c1-11(2)18(12-3-6-14(20)7-4-12)21-10-17(24)22-15-8-5-13(19)9-16(15)23(25)26/h3-9,11,18,21H,10H2,1-2H3,(H,22,24)/p+1/t18-/m1/s1. The first-order chi connectivity index (χ1) is 12.3. The van der Waals surface area contributed by atoms with Crippen LogP contribution >= 0.6 is 11.6 Å². The highest BCUT2D eigenvalue weighted by Gasteiger charge is 2.22. The van der Waals surface area contributed by atoms with Crippen LogP contribution in [0.4, 0.5) is 15.8 Å². The number of quaternary nitrogens is 1. The second-order valence-electron chi connectivity index (χ2n) is 6.23. The first-order valence-electron chi connectivity index (χ1n) is 8.10. The van der Waals surface area contributed by atoms with Gasteiger partial charge in [-0.1, -0.05) is 37.6 Å². The van der Waals surface area contributed by atoms with Crippen molar-refractivity contribution < 1.29 is 19.4 Å². The van der Waals surface area contributed by atoms with Gasteiger partial charge in [-0.05, 0) is 24.3 Å². The topological polar surface area (TPSA) is 88.8 Å². The third kappa shape index (κ3) is 5.24. The van der Waals surface area contributed by atoms with Crippen LogP contribution < -0.4 is 10.6 Å².